The molecule has 1 fully saturated rings. The monoisotopic (exact) mass is 339 g/mol. The van der Waals surface area contributed by atoms with Gasteiger partial charge < -0.3 is 15.1 Å². The number of nitrogens with zero attached hydrogens (tertiary/aromatic N) is 1. The van der Waals surface area contributed by atoms with Crippen LogP contribution in [0.5, 0.6) is 0 Å². The summed E-state index contributed by atoms with van der Waals surface area (Å²) in [5.41, 5.74) is 1.49. The molecule has 0 spiro atoms. The summed E-state index contributed by atoms with van der Waals surface area (Å²) in [4.78, 5) is 25.5. The molecule has 0 saturated carbocycles. The molecule has 0 aliphatic carbocycles. The van der Waals surface area contributed by atoms with Gasteiger partial charge in [-0.05, 0) is 49.1 Å². The van der Waals surface area contributed by atoms with Crippen LogP contribution in [-0.4, -0.2) is 39.6 Å². The first-order chi connectivity index (χ1) is 12.1. The number of carboxylic acids is 1. The molecule has 0 aromatic heterocycles. The number of hydrogen-bond donors (Lipinski definition) is 2. The third kappa shape index (κ3) is 3.88. The first-order valence-corrected chi connectivity index (χ1v) is 8.43. The lowest BCUT2D eigenvalue weighted by atomic mass is 10.00. The Balaban J connectivity index is 1.70. The van der Waals surface area contributed by atoms with Crippen molar-refractivity contribution >= 4 is 11.9 Å². The fourth-order valence-electron chi connectivity index (χ4n) is 3.34. The standard InChI is InChI=1S/C20H21NO4/c22-18(14-5-2-1-3-6-14)13-17-7-4-12-21(17)19(23)15-8-10-16(11-9-15)20(24)25/h1-3,5-6,8-11,17-18,22H,4,7,12-13H2,(H,24,25)/t17-,18+/m0/s1. The smallest absolute Gasteiger partial charge is 0.335 e. The van der Waals surface area contributed by atoms with Gasteiger partial charge >= 0.3 is 5.97 Å². The lowest BCUT2D eigenvalue weighted by Crippen LogP contribution is -2.36. The molecule has 2 aromatic carbocycles. The van der Waals surface area contributed by atoms with Crippen molar-refractivity contribution in [2.24, 2.45) is 0 Å². The number of amides is 1. The van der Waals surface area contributed by atoms with Gasteiger partial charge in [0.15, 0.2) is 0 Å². The maximum absolute atomic E-state index is 12.8. The summed E-state index contributed by atoms with van der Waals surface area (Å²) in [6, 6.07) is 15.4. The highest BCUT2D eigenvalue weighted by atomic mass is 16.4. The summed E-state index contributed by atoms with van der Waals surface area (Å²) in [5.74, 6) is -1.12. The van der Waals surface area contributed by atoms with Gasteiger partial charge in [0, 0.05) is 18.2 Å². The predicted molar refractivity (Wildman–Crippen MR) is 93.5 cm³/mol. The number of rotatable bonds is 5. The molecule has 1 aliphatic heterocycles. The summed E-state index contributed by atoms with van der Waals surface area (Å²) in [7, 11) is 0. The van der Waals surface area contributed by atoms with E-state index in [2.05, 4.69) is 0 Å². The van der Waals surface area contributed by atoms with E-state index in [1.807, 2.05) is 30.3 Å². The van der Waals surface area contributed by atoms with Gasteiger partial charge in [0.1, 0.15) is 0 Å². The molecule has 1 saturated heterocycles. The Bertz CT molecular complexity index is 742. The second kappa shape index (κ2) is 7.49. The fraction of sp³-hybridized carbons (Fsp3) is 0.300. The second-order valence-electron chi connectivity index (χ2n) is 6.34. The number of aromatic carboxylic acids is 1. The average molecular weight is 339 g/mol. The number of hydrogen-bond acceptors (Lipinski definition) is 3. The van der Waals surface area contributed by atoms with E-state index in [1.165, 1.54) is 12.1 Å². The lowest BCUT2D eigenvalue weighted by molar-refractivity contribution is 0.0661. The van der Waals surface area contributed by atoms with Crippen molar-refractivity contribution in [3.63, 3.8) is 0 Å². The minimum Gasteiger partial charge on any atom is -0.478 e. The van der Waals surface area contributed by atoms with E-state index in [0.717, 1.165) is 18.4 Å². The number of carbonyl (C=O) groups excluding carboxylic acids is 1. The Kier molecular flexibility index (Phi) is 5.14. The average Bonchev–Trinajstić information content (AvgIpc) is 3.10. The van der Waals surface area contributed by atoms with Crippen LogP contribution in [0.3, 0.4) is 0 Å². The minimum atomic E-state index is -1.01. The SMILES string of the molecule is O=C(O)c1ccc(C(=O)N2CCC[C@H]2C[C@@H](O)c2ccccc2)cc1. The van der Waals surface area contributed by atoms with Crippen LogP contribution in [0.15, 0.2) is 54.6 Å². The molecular formula is C20H21NO4. The van der Waals surface area contributed by atoms with Crippen molar-refractivity contribution in [1.82, 2.24) is 4.90 Å². The summed E-state index contributed by atoms with van der Waals surface area (Å²) >= 11 is 0. The molecule has 1 heterocycles. The highest BCUT2D eigenvalue weighted by Crippen LogP contribution is 2.28. The molecule has 0 radical (unpaired) electrons. The van der Waals surface area contributed by atoms with E-state index in [1.54, 1.807) is 17.0 Å². The zero-order valence-electron chi connectivity index (χ0n) is 13.8. The Morgan fingerprint density at radius 3 is 2.32 bits per heavy atom. The Hall–Kier alpha value is -2.66. The van der Waals surface area contributed by atoms with E-state index >= 15 is 0 Å². The van der Waals surface area contributed by atoms with Gasteiger partial charge in [-0.3, -0.25) is 4.79 Å². The van der Waals surface area contributed by atoms with Crippen molar-refractivity contribution in [3.05, 3.63) is 71.3 Å². The largest absolute Gasteiger partial charge is 0.478 e. The molecule has 0 unspecified atom stereocenters. The van der Waals surface area contributed by atoms with E-state index in [-0.39, 0.29) is 17.5 Å². The topological polar surface area (TPSA) is 77.8 Å². The van der Waals surface area contributed by atoms with Crippen LogP contribution in [0.25, 0.3) is 0 Å². The Morgan fingerprint density at radius 2 is 1.68 bits per heavy atom. The molecule has 130 valence electrons. The molecule has 1 aliphatic rings. The van der Waals surface area contributed by atoms with Gasteiger partial charge in [0.25, 0.3) is 5.91 Å². The van der Waals surface area contributed by atoms with Crippen LogP contribution < -0.4 is 0 Å². The molecule has 2 atom stereocenters. The first kappa shape index (κ1) is 17.2. The second-order valence-corrected chi connectivity index (χ2v) is 6.34. The van der Waals surface area contributed by atoms with Crippen LogP contribution >= 0.6 is 0 Å². The summed E-state index contributed by atoms with van der Waals surface area (Å²) in [6.45, 7) is 0.658. The van der Waals surface area contributed by atoms with Gasteiger partial charge in [-0.15, -0.1) is 0 Å². The van der Waals surface area contributed by atoms with Gasteiger partial charge in [0.2, 0.25) is 0 Å². The zero-order valence-corrected chi connectivity index (χ0v) is 13.8. The highest BCUT2D eigenvalue weighted by Gasteiger charge is 2.31. The van der Waals surface area contributed by atoms with Gasteiger partial charge in [0.05, 0.1) is 11.7 Å². The lowest BCUT2D eigenvalue weighted by Gasteiger charge is -2.27. The number of carboxylic acid groups (broad SMARTS) is 1. The summed E-state index contributed by atoms with van der Waals surface area (Å²) in [6.07, 6.45) is 1.67. The predicted octanol–water partition coefficient (Wildman–Crippen LogP) is 3.11. The molecule has 5 heteroatoms. The maximum atomic E-state index is 12.8. The van der Waals surface area contributed by atoms with E-state index in [9.17, 15) is 14.7 Å². The quantitative estimate of drug-likeness (QED) is 0.877. The molecule has 3 rings (SSSR count). The van der Waals surface area contributed by atoms with Crippen LogP contribution in [0.2, 0.25) is 0 Å². The van der Waals surface area contributed by atoms with E-state index in [0.29, 0.717) is 18.5 Å². The van der Waals surface area contributed by atoms with E-state index in [4.69, 9.17) is 5.11 Å². The molecule has 25 heavy (non-hydrogen) atoms. The van der Waals surface area contributed by atoms with Crippen molar-refractivity contribution in [2.75, 3.05) is 6.54 Å². The number of aliphatic hydroxyl groups is 1. The van der Waals surface area contributed by atoms with Crippen LogP contribution in [0, 0.1) is 0 Å². The molecule has 1 amide bonds. The normalized spacial score (nSPS) is 18.1. The first-order valence-electron chi connectivity index (χ1n) is 8.43. The third-order valence-electron chi connectivity index (χ3n) is 4.70. The van der Waals surface area contributed by atoms with Gasteiger partial charge in [-0.1, -0.05) is 30.3 Å². The zero-order chi connectivity index (χ0) is 17.8. The molecule has 2 aromatic rings. The highest BCUT2D eigenvalue weighted by molar-refractivity contribution is 5.96. The number of likely N-dealkylation sites (tertiary alicyclic amines) is 1. The van der Waals surface area contributed by atoms with Crippen LogP contribution in [-0.2, 0) is 0 Å². The third-order valence-corrected chi connectivity index (χ3v) is 4.70. The minimum absolute atomic E-state index is 0.0122. The van der Waals surface area contributed by atoms with Crippen molar-refractivity contribution < 1.29 is 19.8 Å². The van der Waals surface area contributed by atoms with Crippen LogP contribution in [0.4, 0.5) is 0 Å². The molecular weight excluding hydrogens is 318 g/mol. The summed E-state index contributed by atoms with van der Waals surface area (Å²) in [5, 5.41) is 19.4. The van der Waals surface area contributed by atoms with Crippen molar-refractivity contribution in [2.45, 2.75) is 31.4 Å². The van der Waals surface area contributed by atoms with Crippen molar-refractivity contribution in [1.29, 1.82) is 0 Å². The van der Waals surface area contributed by atoms with Gasteiger partial charge in [-0.2, -0.15) is 0 Å². The molecule has 2 N–H and O–H groups in total. The fourth-order valence-corrected chi connectivity index (χ4v) is 3.34. The van der Waals surface area contributed by atoms with Crippen molar-refractivity contribution in [3.8, 4) is 0 Å². The van der Waals surface area contributed by atoms with E-state index < -0.39 is 12.1 Å². The maximum Gasteiger partial charge on any atom is 0.335 e. The Morgan fingerprint density at radius 1 is 1.04 bits per heavy atom. The number of benzene rings is 2. The molecule has 0 bridgehead atoms. The van der Waals surface area contributed by atoms with Crippen LogP contribution in [0.1, 0.15) is 51.6 Å². The molecule has 5 nitrogen and oxygen atoms in total. The number of aliphatic hydroxyl groups excluding tert-OH is 1. The number of carbonyl (C=O) groups is 2. The summed E-state index contributed by atoms with van der Waals surface area (Å²) < 4.78 is 0. The van der Waals surface area contributed by atoms with Gasteiger partial charge in [-0.25, -0.2) is 4.79 Å². The Labute approximate surface area is 146 Å².